The fourth-order valence-corrected chi connectivity index (χ4v) is 2.77. The number of halogens is 4. The first-order valence-electron chi connectivity index (χ1n) is 7.64. The molecule has 3 rings (SSSR count). The van der Waals surface area contributed by atoms with Crippen LogP contribution in [0.5, 0.6) is 5.75 Å². The van der Waals surface area contributed by atoms with E-state index < -0.39 is 24.0 Å². The van der Waals surface area contributed by atoms with E-state index >= 15 is 0 Å². The van der Waals surface area contributed by atoms with Crippen molar-refractivity contribution in [2.75, 3.05) is 6.54 Å². The predicted octanol–water partition coefficient (Wildman–Crippen LogP) is 3.43. The van der Waals surface area contributed by atoms with E-state index in [1.54, 1.807) is 6.07 Å². The minimum absolute atomic E-state index is 0.0711. The Morgan fingerprint density at radius 1 is 1.07 bits per heavy atom. The summed E-state index contributed by atoms with van der Waals surface area (Å²) in [4.78, 5) is 25.6. The molecule has 0 bridgehead atoms. The van der Waals surface area contributed by atoms with E-state index in [-0.39, 0.29) is 35.4 Å². The molecular weight excluding hydrogens is 368 g/mol. The second kappa shape index (κ2) is 6.72. The van der Waals surface area contributed by atoms with Crippen molar-refractivity contribution >= 4 is 11.8 Å². The molecule has 2 amide bonds. The standard InChI is InChI=1S/C18H10F4N2O3/c19-12-7-11(9-23)15-14(8-12)16(25)24(17(15)26)6-5-10-1-3-13(4-2-10)27-18(20,21)22/h1-4,7-8H,5-6H2. The molecule has 0 unspecified atom stereocenters. The number of hydrogen-bond donors (Lipinski definition) is 0. The van der Waals surface area contributed by atoms with Crippen molar-refractivity contribution in [1.29, 1.82) is 5.26 Å². The van der Waals surface area contributed by atoms with Crippen LogP contribution in [0, 0.1) is 17.1 Å². The Kier molecular flexibility index (Phi) is 4.57. The van der Waals surface area contributed by atoms with Gasteiger partial charge in [-0.05, 0) is 36.2 Å². The number of nitrogens with zero attached hydrogens (tertiary/aromatic N) is 2. The SMILES string of the molecule is N#Cc1cc(F)cc2c1C(=O)N(CCc1ccc(OC(F)(F)F)cc1)C2=O. The normalized spacial score (nSPS) is 13.5. The van der Waals surface area contributed by atoms with Gasteiger partial charge in [0.2, 0.25) is 0 Å². The lowest BCUT2D eigenvalue weighted by atomic mass is 10.0. The molecule has 1 aliphatic heterocycles. The number of imide groups is 1. The molecule has 0 aliphatic carbocycles. The molecular formula is C18H10F4N2O3. The summed E-state index contributed by atoms with van der Waals surface area (Å²) in [7, 11) is 0. The first kappa shape index (κ1) is 18.4. The number of alkyl halides is 3. The number of amides is 2. The summed E-state index contributed by atoms with van der Waals surface area (Å²) in [5, 5.41) is 9.04. The lowest BCUT2D eigenvalue weighted by Gasteiger charge is -2.14. The number of ether oxygens (including phenoxy) is 1. The number of carbonyl (C=O) groups excluding carboxylic acids is 2. The molecule has 9 heteroatoms. The quantitative estimate of drug-likeness (QED) is 0.604. The van der Waals surface area contributed by atoms with E-state index in [0.717, 1.165) is 29.2 Å². The predicted molar refractivity (Wildman–Crippen MR) is 83.3 cm³/mol. The van der Waals surface area contributed by atoms with Gasteiger partial charge in [-0.3, -0.25) is 14.5 Å². The van der Waals surface area contributed by atoms with Gasteiger partial charge in [0.25, 0.3) is 11.8 Å². The number of fused-ring (bicyclic) bond motifs is 1. The Hall–Kier alpha value is -3.41. The summed E-state index contributed by atoms with van der Waals surface area (Å²) in [6.07, 6.45) is -4.63. The van der Waals surface area contributed by atoms with Crippen molar-refractivity contribution in [3.05, 3.63) is 64.5 Å². The van der Waals surface area contributed by atoms with Gasteiger partial charge in [-0.1, -0.05) is 12.1 Å². The Morgan fingerprint density at radius 3 is 2.33 bits per heavy atom. The second-order valence-electron chi connectivity index (χ2n) is 5.69. The van der Waals surface area contributed by atoms with Gasteiger partial charge in [0.05, 0.1) is 16.7 Å². The molecule has 2 aromatic rings. The van der Waals surface area contributed by atoms with Crippen LogP contribution in [0.2, 0.25) is 0 Å². The zero-order valence-corrected chi connectivity index (χ0v) is 13.5. The Morgan fingerprint density at radius 2 is 1.74 bits per heavy atom. The van der Waals surface area contributed by atoms with Crippen LogP contribution >= 0.6 is 0 Å². The topological polar surface area (TPSA) is 70.4 Å². The fraction of sp³-hybridized carbons (Fsp3) is 0.167. The number of benzene rings is 2. The van der Waals surface area contributed by atoms with E-state index in [1.165, 1.54) is 12.1 Å². The van der Waals surface area contributed by atoms with Crippen LogP contribution < -0.4 is 4.74 Å². The Bertz CT molecular complexity index is 962. The third kappa shape index (κ3) is 3.74. The highest BCUT2D eigenvalue weighted by molar-refractivity contribution is 6.22. The highest BCUT2D eigenvalue weighted by atomic mass is 19.4. The van der Waals surface area contributed by atoms with Crippen LogP contribution in [-0.4, -0.2) is 29.6 Å². The zero-order valence-electron chi connectivity index (χ0n) is 13.5. The van der Waals surface area contributed by atoms with Crippen molar-refractivity contribution in [1.82, 2.24) is 4.90 Å². The van der Waals surface area contributed by atoms with Crippen LogP contribution in [0.3, 0.4) is 0 Å². The summed E-state index contributed by atoms with van der Waals surface area (Å²) in [6, 6.07) is 8.47. The number of rotatable bonds is 4. The molecule has 27 heavy (non-hydrogen) atoms. The minimum Gasteiger partial charge on any atom is -0.406 e. The third-order valence-electron chi connectivity index (χ3n) is 3.94. The maximum Gasteiger partial charge on any atom is 0.573 e. The summed E-state index contributed by atoms with van der Waals surface area (Å²) < 4.78 is 53.7. The van der Waals surface area contributed by atoms with E-state index in [9.17, 15) is 27.2 Å². The van der Waals surface area contributed by atoms with Gasteiger partial charge in [0.15, 0.2) is 0 Å². The van der Waals surface area contributed by atoms with Crippen molar-refractivity contribution in [2.45, 2.75) is 12.8 Å². The number of nitriles is 1. The summed E-state index contributed by atoms with van der Waals surface area (Å²) in [5.74, 6) is -2.61. The van der Waals surface area contributed by atoms with E-state index in [2.05, 4.69) is 4.74 Å². The molecule has 0 spiro atoms. The van der Waals surface area contributed by atoms with Gasteiger partial charge >= 0.3 is 6.36 Å². The molecule has 1 aliphatic rings. The molecule has 5 nitrogen and oxygen atoms in total. The van der Waals surface area contributed by atoms with Crippen LogP contribution in [0.15, 0.2) is 36.4 Å². The Balaban J connectivity index is 1.73. The maximum absolute atomic E-state index is 13.5. The zero-order chi connectivity index (χ0) is 19.8. The van der Waals surface area contributed by atoms with Gasteiger partial charge in [-0.15, -0.1) is 13.2 Å². The summed E-state index contributed by atoms with van der Waals surface area (Å²) in [6.45, 7) is -0.0711. The smallest absolute Gasteiger partial charge is 0.406 e. The van der Waals surface area contributed by atoms with Crippen LogP contribution in [0.1, 0.15) is 31.8 Å². The van der Waals surface area contributed by atoms with Gasteiger partial charge < -0.3 is 4.74 Å². The molecule has 0 saturated heterocycles. The van der Waals surface area contributed by atoms with Gasteiger partial charge in [-0.2, -0.15) is 5.26 Å². The van der Waals surface area contributed by atoms with Crippen molar-refractivity contribution in [3.8, 4) is 11.8 Å². The lowest BCUT2D eigenvalue weighted by Crippen LogP contribution is -2.31. The Labute approximate surface area is 150 Å². The van der Waals surface area contributed by atoms with E-state index in [1.807, 2.05) is 0 Å². The first-order chi connectivity index (χ1) is 12.7. The molecule has 0 atom stereocenters. The molecule has 1 heterocycles. The molecule has 0 aromatic heterocycles. The fourth-order valence-electron chi connectivity index (χ4n) is 2.77. The van der Waals surface area contributed by atoms with Gasteiger partial charge in [0, 0.05) is 6.54 Å². The maximum atomic E-state index is 13.5. The summed E-state index contributed by atoms with van der Waals surface area (Å²) >= 11 is 0. The third-order valence-corrected chi connectivity index (χ3v) is 3.94. The molecule has 0 radical (unpaired) electrons. The average molecular weight is 378 g/mol. The monoisotopic (exact) mass is 378 g/mol. The van der Waals surface area contributed by atoms with Crippen molar-refractivity contribution in [3.63, 3.8) is 0 Å². The van der Waals surface area contributed by atoms with Crippen LogP contribution in [0.4, 0.5) is 17.6 Å². The highest BCUT2D eigenvalue weighted by Gasteiger charge is 2.38. The first-order valence-corrected chi connectivity index (χ1v) is 7.64. The van der Waals surface area contributed by atoms with Crippen molar-refractivity contribution < 1.29 is 31.9 Å². The van der Waals surface area contributed by atoms with Crippen LogP contribution in [-0.2, 0) is 6.42 Å². The van der Waals surface area contributed by atoms with Crippen LogP contribution in [0.25, 0.3) is 0 Å². The molecule has 138 valence electrons. The minimum atomic E-state index is -4.80. The lowest BCUT2D eigenvalue weighted by molar-refractivity contribution is -0.274. The van der Waals surface area contributed by atoms with Gasteiger partial charge in [0.1, 0.15) is 17.6 Å². The molecule has 2 aromatic carbocycles. The average Bonchev–Trinajstić information content (AvgIpc) is 2.83. The van der Waals surface area contributed by atoms with E-state index in [4.69, 9.17) is 5.26 Å². The molecule has 0 N–H and O–H groups in total. The number of hydrogen-bond acceptors (Lipinski definition) is 4. The number of carbonyl (C=O) groups is 2. The van der Waals surface area contributed by atoms with Crippen molar-refractivity contribution in [2.24, 2.45) is 0 Å². The largest absolute Gasteiger partial charge is 0.573 e. The molecule has 0 saturated carbocycles. The van der Waals surface area contributed by atoms with Gasteiger partial charge in [-0.25, -0.2) is 4.39 Å². The second-order valence-corrected chi connectivity index (χ2v) is 5.69. The highest BCUT2D eigenvalue weighted by Crippen LogP contribution is 2.28. The van der Waals surface area contributed by atoms with E-state index in [0.29, 0.717) is 5.56 Å². The summed E-state index contributed by atoms with van der Waals surface area (Å²) in [5.41, 5.74) is 0.0237. The molecule has 0 fully saturated rings.